The smallest absolute Gasteiger partial charge is 0.148 e. The minimum Gasteiger partial charge on any atom is -0.497 e. The van der Waals surface area contributed by atoms with E-state index >= 15 is 0 Å². The zero-order valence-electron chi connectivity index (χ0n) is 10.6. The highest BCUT2D eigenvalue weighted by atomic mass is 32.2. The lowest BCUT2D eigenvalue weighted by Crippen LogP contribution is -2.14. The Labute approximate surface area is 113 Å². The minimum atomic E-state index is -2.87. The fraction of sp³-hybridized carbons (Fsp3) is 0.500. The summed E-state index contributed by atoms with van der Waals surface area (Å²) in [5.41, 5.74) is 7.06. The maximum absolute atomic E-state index is 11.0. The summed E-state index contributed by atoms with van der Waals surface area (Å²) in [6, 6.07) is 7.52. The zero-order chi connectivity index (χ0) is 13.6. The van der Waals surface area contributed by atoms with Gasteiger partial charge in [-0.05, 0) is 17.7 Å². The standard InChI is InChI=1S/C12H19NO3S2/c1-16-11-5-3-10(4-6-11)12(13)9-17-7-8-18(2,14)15/h3-6,12H,7-9,13H2,1-2H3. The van der Waals surface area contributed by atoms with Gasteiger partial charge in [-0.15, -0.1) is 0 Å². The topological polar surface area (TPSA) is 69.4 Å². The molecule has 0 heterocycles. The Hall–Kier alpha value is -0.720. The zero-order valence-corrected chi connectivity index (χ0v) is 12.3. The highest BCUT2D eigenvalue weighted by Crippen LogP contribution is 2.19. The van der Waals surface area contributed by atoms with Crippen LogP contribution in [0.1, 0.15) is 11.6 Å². The van der Waals surface area contributed by atoms with Gasteiger partial charge in [0.2, 0.25) is 0 Å². The highest BCUT2D eigenvalue weighted by molar-refractivity contribution is 8.00. The molecule has 0 aliphatic rings. The number of hydrogen-bond acceptors (Lipinski definition) is 5. The molecule has 18 heavy (non-hydrogen) atoms. The Balaban J connectivity index is 2.38. The third-order valence-electron chi connectivity index (χ3n) is 2.44. The Bertz CT molecular complexity index is 457. The van der Waals surface area contributed by atoms with Crippen LogP contribution in [0.4, 0.5) is 0 Å². The van der Waals surface area contributed by atoms with E-state index in [0.717, 1.165) is 11.3 Å². The molecular formula is C12H19NO3S2. The van der Waals surface area contributed by atoms with Crippen LogP contribution >= 0.6 is 11.8 Å². The first-order valence-corrected chi connectivity index (χ1v) is 8.79. The first-order chi connectivity index (χ1) is 8.42. The van der Waals surface area contributed by atoms with Crippen LogP contribution in [0.25, 0.3) is 0 Å². The van der Waals surface area contributed by atoms with E-state index in [1.54, 1.807) is 18.9 Å². The molecule has 1 rings (SSSR count). The molecule has 4 nitrogen and oxygen atoms in total. The summed E-state index contributed by atoms with van der Waals surface area (Å²) in [6.07, 6.45) is 1.25. The third-order valence-corrected chi connectivity index (χ3v) is 4.73. The Morgan fingerprint density at radius 3 is 2.44 bits per heavy atom. The van der Waals surface area contributed by atoms with Gasteiger partial charge in [0.05, 0.1) is 12.9 Å². The van der Waals surface area contributed by atoms with Crippen LogP contribution in [0.5, 0.6) is 5.75 Å². The van der Waals surface area contributed by atoms with Crippen molar-refractivity contribution in [3.63, 3.8) is 0 Å². The molecule has 0 aliphatic heterocycles. The molecule has 2 N–H and O–H groups in total. The van der Waals surface area contributed by atoms with Gasteiger partial charge in [-0.3, -0.25) is 0 Å². The maximum atomic E-state index is 11.0. The molecule has 102 valence electrons. The summed E-state index contributed by atoms with van der Waals surface area (Å²) < 4.78 is 27.0. The molecule has 0 spiro atoms. The first kappa shape index (κ1) is 15.3. The number of thioether (sulfide) groups is 1. The van der Waals surface area contributed by atoms with E-state index in [2.05, 4.69) is 0 Å². The van der Waals surface area contributed by atoms with Crippen molar-refractivity contribution in [2.75, 3.05) is 30.6 Å². The average molecular weight is 289 g/mol. The first-order valence-electron chi connectivity index (χ1n) is 5.57. The van der Waals surface area contributed by atoms with Crippen LogP contribution < -0.4 is 10.5 Å². The molecule has 1 unspecified atom stereocenters. The van der Waals surface area contributed by atoms with Gasteiger partial charge >= 0.3 is 0 Å². The van der Waals surface area contributed by atoms with E-state index < -0.39 is 9.84 Å². The molecule has 0 saturated carbocycles. The Morgan fingerprint density at radius 1 is 1.33 bits per heavy atom. The molecule has 1 aromatic carbocycles. The summed E-state index contributed by atoms with van der Waals surface area (Å²) >= 11 is 1.56. The van der Waals surface area contributed by atoms with Gasteiger partial charge in [0.15, 0.2) is 0 Å². The SMILES string of the molecule is COc1ccc(C(N)CSCCS(C)(=O)=O)cc1. The van der Waals surface area contributed by atoms with Crippen molar-refractivity contribution in [2.24, 2.45) is 5.73 Å². The summed E-state index contributed by atoms with van der Waals surface area (Å²) in [5, 5.41) is 0. The van der Waals surface area contributed by atoms with Crippen LogP contribution in [-0.2, 0) is 9.84 Å². The van der Waals surface area contributed by atoms with Gasteiger partial charge in [-0.2, -0.15) is 11.8 Å². The number of rotatable bonds is 7. The summed E-state index contributed by atoms with van der Waals surface area (Å²) in [6.45, 7) is 0. The highest BCUT2D eigenvalue weighted by Gasteiger charge is 2.07. The third kappa shape index (κ3) is 5.75. The van der Waals surface area contributed by atoms with E-state index in [1.807, 2.05) is 24.3 Å². The number of nitrogens with two attached hydrogens (primary N) is 1. The number of ether oxygens (including phenoxy) is 1. The van der Waals surface area contributed by atoms with E-state index in [0.29, 0.717) is 11.5 Å². The van der Waals surface area contributed by atoms with Crippen molar-refractivity contribution in [1.82, 2.24) is 0 Å². The van der Waals surface area contributed by atoms with Gasteiger partial charge in [-0.1, -0.05) is 12.1 Å². The fourth-order valence-corrected chi connectivity index (χ4v) is 3.66. The molecular weight excluding hydrogens is 270 g/mol. The molecule has 0 radical (unpaired) electrons. The summed E-state index contributed by atoms with van der Waals surface area (Å²) in [5.74, 6) is 2.30. The molecule has 0 aliphatic carbocycles. The monoisotopic (exact) mass is 289 g/mol. The minimum absolute atomic E-state index is 0.0829. The largest absolute Gasteiger partial charge is 0.497 e. The average Bonchev–Trinajstić information content (AvgIpc) is 2.33. The molecule has 0 aromatic heterocycles. The predicted molar refractivity (Wildman–Crippen MR) is 77.0 cm³/mol. The van der Waals surface area contributed by atoms with Crippen molar-refractivity contribution >= 4 is 21.6 Å². The Kier molecular flexibility index (Phi) is 5.98. The lowest BCUT2D eigenvalue weighted by atomic mass is 10.1. The van der Waals surface area contributed by atoms with Crippen LogP contribution in [-0.4, -0.2) is 39.0 Å². The van der Waals surface area contributed by atoms with E-state index in [4.69, 9.17) is 10.5 Å². The van der Waals surface area contributed by atoms with Crippen molar-refractivity contribution in [3.05, 3.63) is 29.8 Å². The van der Waals surface area contributed by atoms with Crippen LogP contribution in [0.3, 0.4) is 0 Å². The fourth-order valence-electron chi connectivity index (χ4n) is 1.37. The number of benzene rings is 1. The van der Waals surface area contributed by atoms with Gasteiger partial charge in [0.25, 0.3) is 0 Å². The van der Waals surface area contributed by atoms with Crippen molar-refractivity contribution in [2.45, 2.75) is 6.04 Å². The summed E-state index contributed by atoms with van der Waals surface area (Å²) in [7, 11) is -1.25. The van der Waals surface area contributed by atoms with Crippen molar-refractivity contribution in [3.8, 4) is 5.75 Å². The van der Waals surface area contributed by atoms with Gasteiger partial charge in [-0.25, -0.2) is 8.42 Å². The molecule has 0 bridgehead atoms. The second-order valence-corrected chi connectivity index (χ2v) is 7.49. The van der Waals surface area contributed by atoms with Crippen molar-refractivity contribution in [1.29, 1.82) is 0 Å². The van der Waals surface area contributed by atoms with E-state index in [1.165, 1.54) is 6.26 Å². The van der Waals surface area contributed by atoms with Crippen molar-refractivity contribution < 1.29 is 13.2 Å². The number of sulfone groups is 1. The molecule has 6 heteroatoms. The summed E-state index contributed by atoms with van der Waals surface area (Å²) in [4.78, 5) is 0. The van der Waals surface area contributed by atoms with E-state index in [-0.39, 0.29) is 11.8 Å². The lowest BCUT2D eigenvalue weighted by molar-refractivity contribution is 0.414. The Morgan fingerprint density at radius 2 is 1.94 bits per heavy atom. The number of methoxy groups -OCH3 is 1. The lowest BCUT2D eigenvalue weighted by Gasteiger charge is -2.12. The number of hydrogen-bond donors (Lipinski definition) is 1. The van der Waals surface area contributed by atoms with Crippen LogP contribution in [0, 0.1) is 0 Å². The second kappa shape index (κ2) is 7.01. The van der Waals surface area contributed by atoms with Gasteiger partial charge in [0, 0.05) is 23.8 Å². The molecule has 1 atom stereocenters. The normalized spacial score (nSPS) is 13.3. The molecule has 1 aromatic rings. The molecule has 0 fully saturated rings. The maximum Gasteiger partial charge on any atom is 0.148 e. The predicted octanol–water partition coefficient (Wildman–Crippen LogP) is 1.47. The van der Waals surface area contributed by atoms with Crippen LogP contribution in [0.2, 0.25) is 0 Å². The van der Waals surface area contributed by atoms with E-state index in [9.17, 15) is 8.42 Å². The molecule has 0 amide bonds. The quantitative estimate of drug-likeness (QED) is 0.770. The van der Waals surface area contributed by atoms with Gasteiger partial charge in [0.1, 0.15) is 15.6 Å². The second-order valence-electron chi connectivity index (χ2n) is 4.08. The van der Waals surface area contributed by atoms with Crippen LogP contribution in [0.15, 0.2) is 24.3 Å². The van der Waals surface area contributed by atoms with Gasteiger partial charge < -0.3 is 10.5 Å². The molecule has 0 saturated heterocycles.